The number of carbonyl (C=O) groups excluding carboxylic acids is 1. The molecule has 1 rings (SSSR count). The van der Waals surface area contributed by atoms with E-state index in [-0.39, 0.29) is 6.61 Å². The zero-order valence-corrected chi connectivity index (χ0v) is 7.72. The van der Waals surface area contributed by atoms with Crippen molar-refractivity contribution in [2.75, 3.05) is 6.61 Å². The molecular weight excluding hydrogens is 180 g/mol. The Kier molecular flexibility index (Phi) is 3.88. The second kappa shape index (κ2) is 5.19. The van der Waals surface area contributed by atoms with Crippen molar-refractivity contribution in [2.24, 2.45) is 0 Å². The zero-order valence-electron chi connectivity index (χ0n) is 7.72. The largest absolute Gasteiger partial charge is 0.459 e. The van der Waals surface area contributed by atoms with Gasteiger partial charge in [-0.1, -0.05) is 36.9 Å². The fourth-order valence-electron chi connectivity index (χ4n) is 0.991. The Hall–Kier alpha value is -1.61. The number of benzene rings is 1. The molecule has 0 aliphatic rings. The monoisotopic (exact) mass is 192 g/mol. The maximum atomic E-state index is 10.7. The highest BCUT2D eigenvalue weighted by molar-refractivity contribution is 5.81. The third-order valence-corrected chi connectivity index (χ3v) is 1.73. The van der Waals surface area contributed by atoms with Gasteiger partial charge in [0.1, 0.15) is 12.7 Å². The van der Waals surface area contributed by atoms with Gasteiger partial charge in [-0.05, 0) is 5.56 Å². The minimum Gasteiger partial charge on any atom is -0.459 e. The number of aliphatic hydroxyl groups is 1. The van der Waals surface area contributed by atoms with Crippen LogP contribution in [-0.2, 0) is 9.53 Å². The molecule has 74 valence electrons. The molecule has 1 N–H and O–H groups in total. The van der Waals surface area contributed by atoms with Crippen LogP contribution in [0.15, 0.2) is 43.0 Å². The molecule has 0 aliphatic carbocycles. The van der Waals surface area contributed by atoms with E-state index in [1.54, 1.807) is 12.1 Å². The molecule has 0 bridgehead atoms. The molecule has 0 spiro atoms. The van der Waals surface area contributed by atoms with Crippen LogP contribution in [0.5, 0.6) is 0 Å². The van der Waals surface area contributed by atoms with Crippen LogP contribution in [0, 0.1) is 0 Å². The van der Waals surface area contributed by atoms with E-state index < -0.39 is 12.1 Å². The Morgan fingerprint density at radius 3 is 2.71 bits per heavy atom. The van der Waals surface area contributed by atoms with Gasteiger partial charge in [-0.3, -0.25) is 0 Å². The van der Waals surface area contributed by atoms with Gasteiger partial charge in [0.2, 0.25) is 0 Å². The molecule has 3 nitrogen and oxygen atoms in total. The van der Waals surface area contributed by atoms with Gasteiger partial charge in [-0.2, -0.15) is 0 Å². The van der Waals surface area contributed by atoms with Crippen molar-refractivity contribution in [3.63, 3.8) is 0 Å². The lowest BCUT2D eigenvalue weighted by Crippen LogP contribution is -2.10. The predicted octanol–water partition coefficient (Wildman–Crippen LogP) is 1.45. The maximum absolute atomic E-state index is 10.7. The Morgan fingerprint density at radius 2 is 2.14 bits per heavy atom. The molecule has 1 aromatic rings. The van der Waals surface area contributed by atoms with E-state index in [0.29, 0.717) is 0 Å². The highest BCUT2D eigenvalue weighted by Gasteiger charge is 2.08. The first-order chi connectivity index (χ1) is 6.74. The summed E-state index contributed by atoms with van der Waals surface area (Å²) in [5.41, 5.74) is 0.726. The van der Waals surface area contributed by atoms with Crippen molar-refractivity contribution < 1.29 is 14.6 Å². The number of hydrogen-bond acceptors (Lipinski definition) is 3. The lowest BCUT2D eigenvalue weighted by Gasteiger charge is -2.10. The Labute approximate surface area is 82.6 Å². The summed E-state index contributed by atoms with van der Waals surface area (Å²) in [4.78, 5) is 10.7. The van der Waals surface area contributed by atoms with Crippen LogP contribution >= 0.6 is 0 Å². The van der Waals surface area contributed by atoms with Crippen LogP contribution in [0.25, 0.3) is 0 Å². The minimum atomic E-state index is -0.778. The van der Waals surface area contributed by atoms with Crippen LogP contribution in [-0.4, -0.2) is 17.7 Å². The van der Waals surface area contributed by atoms with Gasteiger partial charge in [-0.25, -0.2) is 4.79 Å². The van der Waals surface area contributed by atoms with Gasteiger partial charge < -0.3 is 9.84 Å². The second-order valence-corrected chi connectivity index (χ2v) is 2.76. The molecule has 0 radical (unpaired) electrons. The number of rotatable bonds is 4. The third kappa shape index (κ3) is 3.03. The molecule has 0 unspecified atom stereocenters. The van der Waals surface area contributed by atoms with Crippen LogP contribution in [0.1, 0.15) is 11.7 Å². The maximum Gasteiger partial charge on any atom is 0.330 e. The van der Waals surface area contributed by atoms with Crippen LogP contribution in [0.4, 0.5) is 0 Å². The molecule has 1 aromatic carbocycles. The molecule has 1 atom stereocenters. The van der Waals surface area contributed by atoms with E-state index in [2.05, 4.69) is 6.58 Å². The Morgan fingerprint density at radius 1 is 1.50 bits per heavy atom. The van der Waals surface area contributed by atoms with Gasteiger partial charge >= 0.3 is 5.97 Å². The summed E-state index contributed by atoms with van der Waals surface area (Å²) in [6.45, 7) is 3.21. The number of esters is 1. The average Bonchev–Trinajstić information content (AvgIpc) is 2.26. The van der Waals surface area contributed by atoms with Crippen LogP contribution in [0.3, 0.4) is 0 Å². The molecule has 0 amide bonds. The molecule has 0 saturated carbocycles. The quantitative estimate of drug-likeness (QED) is 0.580. The summed E-state index contributed by atoms with van der Waals surface area (Å²) < 4.78 is 4.70. The Balaban J connectivity index is 2.47. The summed E-state index contributed by atoms with van der Waals surface area (Å²) in [6.07, 6.45) is 0.289. The van der Waals surface area contributed by atoms with E-state index in [4.69, 9.17) is 4.74 Å². The molecule has 0 saturated heterocycles. The first-order valence-electron chi connectivity index (χ1n) is 4.26. The lowest BCUT2D eigenvalue weighted by atomic mass is 10.1. The lowest BCUT2D eigenvalue weighted by molar-refractivity contribution is -0.140. The molecule has 0 aliphatic heterocycles. The summed E-state index contributed by atoms with van der Waals surface area (Å²) in [7, 11) is 0. The molecule has 0 fully saturated rings. The molecule has 14 heavy (non-hydrogen) atoms. The second-order valence-electron chi connectivity index (χ2n) is 2.76. The van der Waals surface area contributed by atoms with Crippen LogP contribution in [0.2, 0.25) is 0 Å². The third-order valence-electron chi connectivity index (χ3n) is 1.73. The first-order valence-corrected chi connectivity index (χ1v) is 4.26. The summed E-state index contributed by atoms with van der Waals surface area (Å²) in [6, 6.07) is 9.02. The highest BCUT2D eigenvalue weighted by Crippen LogP contribution is 2.11. The first kappa shape index (κ1) is 10.5. The molecule has 0 heterocycles. The molecule has 3 heteroatoms. The van der Waals surface area contributed by atoms with E-state index in [9.17, 15) is 9.90 Å². The van der Waals surface area contributed by atoms with Gasteiger partial charge in [0, 0.05) is 6.08 Å². The van der Waals surface area contributed by atoms with Gasteiger partial charge in [0.25, 0.3) is 0 Å². The predicted molar refractivity (Wildman–Crippen MR) is 52.6 cm³/mol. The minimum absolute atomic E-state index is 0.0468. The van der Waals surface area contributed by atoms with Crippen molar-refractivity contribution in [3.05, 3.63) is 48.6 Å². The van der Waals surface area contributed by atoms with Gasteiger partial charge in [-0.15, -0.1) is 0 Å². The van der Waals surface area contributed by atoms with E-state index in [0.717, 1.165) is 11.6 Å². The van der Waals surface area contributed by atoms with Crippen LogP contribution < -0.4 is 0 Å². The van der Waals surface area contributed by atoms with Gasteiger partial charge in [0.05, 0.1) is 0 Å². The fraction of sp³-hybridized carbons (Fsp3) is 0.182. The number of hydrogen-bond donors (Lipinski definition) is 1. The summed E-state index contributed by atoms with van der Waals surface area (Å²) in [5, 5.41) is 9.55. The smallest absolute Gasteiger partial charge is 0.330 e. The van der Waals surface area contributed by atoms with E-state index >= 15 is 0 Å². The van der Waals surface area contributed by atoms with Crippen molar-refractivity contribution in [1.82, 2.24) is 0 Å². The fourth-order valence-corrected chi connectivity index (χ4v) is 0.991. The number of carbonyl (C=O) groups is 1. The normalized spacial score (nSPS) is 11.8. The summed E-state index contributed by atoms with van der Waals surface area (Å²) >= 11 is 0. The van der Waals surface area contributed by atoms with Gasteiger partial charge in [0.15, 0.2) is 0 Å². The molecule has 0 aromatic heterocycles. The standard InChI is InChI=1S/C11H12O3/c1-2-11(13)14-8-10(12)9-6-4-3-5-7-9/h2-7,10,12H,1,8H2/t10-/m0/s1. The summed E-state index contributed by atoms with van der Waals surface area (Å²) in [5.74, 6) is -0.528. The topological polar surface area (TPSA) is 46.5 Å². The average molecular weight is 192 g/mol. The number of ether oxygens (including phenoxy) is 1. The molecular formula is C11H12O3. The highest BCUT2D eigenvalue weighted by atomic mass is 16.5. The SMILES string of the molecule is C=CC(=O)OC[C@H](O)c1ccccc1. The van der Waals surface area contributed by atoms with E-state index in [1.165, 1.54) is 0 Å². The zero-order chi connectivity index (χ0) is 10.4. The number of aliphatic hydroxyl groups excluding tert-OH is 1. The Bertz CT molecular complexity index is 306. The van der Waals surface area contributed by atoms with E-state index in [1.807, 2.05) is 18.2 Å². The van der Waals surface area contributed by atoms with Crippen molar-refractivity contribution in [2.45, 2.75) is 6.10 Å². The van der Waals surface area contributed by atoms with Crippen molar-refractivity contribution >= 4 is 5.97 Å². The van der Waals surface area contributed by atoms with Crippen molar-refractivity contribution in [1.29, 1.82) is 0 Å². The van der Waals surface area contributed by atoms with Crippen molar-refractivity contribution in [3.8, 4) is 0 Å².